The Kier molecular flexibility index (Phi) is 7.04. The van der Waals surface area contributed by atoms with Gasteiger partial charge in [0.05, 0.1) is 13.2 Å². The van der Waals surface area contributed by atoms with Gasteiger partial charge >= 0.3 is 0 Å². The van der Waals surface area contributed by atoms with Gasteiger partial charge in [-0.2, -0.15) is 0 Å². The third-order valence-corrected chi connectivity index (χ3v) is 3.18. The van der Waals surface area contributed by atoms with Crippen LogP contribution in [0.3, 0.4) is 0 Å². The smallest absolute Gasteiger partial charge is 0.216 e. The van der Waals surface area contributed by atoms with E-state index in [-0.39, 0.29) is 11.9 Å². The minimum Gasteiger partial charge on any atom is -0.497 e. The Morgan fingerprint density at radius 2 is 1.95 bits per heavy atom. The molecule has 0 aliphatic rings. The topological polar surface area (TPSA) is 70.6 Å². The molecule has 0 saturated carbocycles. The summed E-state index contributed by atoms with van der Waals surface area (Å²) in [6.07, 6.45) is 0.219. The second kappa shape index (κ2) is 8.55. The summed E-state index contributed by atoms with van der Waals surface area (Å²) in [6.45, 7) is 4.69. The Labute approximate surface area is 120 Å². The maximum atomic E-state index is 10.8. The molecule has 1 aromatic rings. The van der Waals surface area contributed by atoms with E-state index in [1.54, 1.807) is 7.11 Å². The normalized spacial score (nSPS) is 13.6. The zero-order valence-electron chi connectivity index (χ0n) is 12.3. The van der Waals surface area contributed by atoms with E-state index in [1.807, 2.05) is 31.2 Å². The van der Waals surface area contributed by atoms with Gasteiger partial charge in [-0.15, -0.1) is 0 Å². The standard InChI is InChI=1S/C15H24N2O3/c1-4-14(17-10-9-16-11(2)18)15(19)12-5-7-13(20-3)8-6-12/h5-8,14-15,17,19H,4,9-10H2,1-3H3,(H,16,18). The highest BCUT2D eigenvalue weighted by molar-refractivity contribution is 5.72. The van der Waals surface area contributed by atoms with Crippen LogP contribution in [0, 0.1) is 0 Å². The number of amides is 1. The van der Waals surface area contributed by atoms with Gasteiger partial charge in [-0.1, -0.05) is 19.1 Å². The second-order valence-corrected chi connectivity index (χ2v) is 4.67. The molecule has 5 nitrogen and oxygen atoms in total. The fourth-order valence-electron chi connectivity index (χ4n) is 2.01. The van der Waals surface area contributed by atoms with Gasteiger partial charge in [0.1, 0.15) is 5.75 Å². The lowest BCUT2D eigenvalue weighted by Crippen LogP contribution is -2.39. The maximum Gasteiger partial charge on any atom is 0.216 e. The predicted molar refractivity (Wildman–Crippen MR) is 78.7 cm³/mol. The predicted octanol–water partition coefficient (Wildman–Crippen LogP) is 1.23. The van der Waals surface area contributed by atoms with Crippen molar-refractivity contribution in [2.24, 2.45) is 0 Å². The van der Waals surface area contributed by atoms with Gasteiger partial charge in [0, 0.05) is 26.1 Å². The van der Waals surface area contributed by atoms with Gasteiger partial charge in [-0.05, 0) is 24.1 Å². The fraction of sp³-hybridized carbons (Fsp3) is 0.533. The third-order valence-electron chi connectivity index (χ3n) is 3.18. The van der Waals surface area contributed by atoms with Gasteiger partial charge in [0.2, 0.25) is 5.91 Å². The van der Waals surface area contributed by atoms with E-state index in [0.717, 1.165) is 17.7 Å². The highest BCUT2D eigenvalue weighted by Crippen LogP contribution is 2.21. The lowest BCUT2D eigenvalue weighted by molar-refractivity contribution is -0.118. The fourth-order valence-corrected chi connectivity index (χ4v) is 2.01. The van der Waals surface area contributed by atoms with Crippen LogP contribution in [-0.2, 0) is 4.79 Å². The molecule has 0 fully saturated rings. The summed E-state index contributed by atoms with van der Waals surface area (Å²) in [4.78, 5) is 10.8. The van der Waals surface area contributed by atoms with Crippen molar-refractivity contribution in [2.75, 3.05) is 20.2 Å². The number of rotatable bonds is 8. The number of aliphatic hydroxyl groups excluding tert-OH is 1. The maximum absolute atomic E-state index is 10.8. The van der Waals surface area contributed by atoms with Crippen molar-refractivity contribution in [3.63, 3.8) is 0 Å². The average Bonchev–Trinajstić information content (AvgIpc) is 2.46. The highest BCUT2D eigenvalue weighted by atomic mass is 16.5. The van der Waals surface area contributed by atoms with Crippen molar-refractivity contribution in [3.8, 4) is 5.75 Å². The van der Waals surface area contributed by atoms with Crippen LogP contribution in [-0.4, -0.2) is 37.3 Å². The van der Waals surface area contributed by atoms with E-state index in [9.17, 15) is 9.90 Å². The summed E-state index contributed by atoms with van der Waals surface area (Å²) in [5.74, 6) is 0.725. The lowest BCUT2D eigenvalue weighted by atomic mass is 10.00. The Balaban J connectivity index is 2.52. The first-order chi connectivity index (χ1) is 9.58. The summed E-state index contributed by atoms with van der Waals surface area (Å²) in [7, 11) is 1.61. The molecule has 0 heterocycles. The molecule has 0 aromatic heterocycles. The molecular weight excluding hydrogens is 256 g/mol. The number of nitrogens with one attached hydrogen (secondary N) is 2. The molecule has 2 unspecified atom stereocenters. The molecule has 0 radical (unpaired) electrons. The first-order valence-corrected chi connectivity index (χ1v) is 6.88. The number of ether oxygens (including phenoxy) is 1. The number of methoxy groups -OCH3 is 1. The van der Waals surface area contributed by atoms with E-state index in [2.05, 4.69) is 10.6 Å². The Hall–Kier alpha value is -1.59. The van der Waals surface area contributed by atoms with Crippen LogP contribution in [0.25, 0.3) is 0 Å². The largest absolute Gasteiger partial charge is 0.497 e. The summed E-state index contributed by atoms with van der Waals surface area (Å²) in [5.41, 5.74) is 0.852. The van der Waals surface area contributed by atoms with E-state index in [0.29, 0.717) is 13.1 Å². The molecule has 1 amide bonds. The van der Waals surface area contributed by atoms with Gasteiger partial charge < -0.3 is 20.5 Å². The highest BCUT2D eigenvalue weighted by Gasteiger charge is 2.18. The van der Waals surface area contributed by atoms with Gasteiger partial charge in [-0.3, -0.25) is 4.79 Å². The van der Waals surface area contributed by atoms with Crippen LogP contribution in [0.15, 0.2) is 24.3 Å². The van der Waals surface area contributed by atoms with E-state index >= 15 is 0 Å². The molecule has 5 heteroatoms. The molecule has 0 spiro atoms. The van der Waals surface area contributed by atoms with Crippen LogP contribution in [0.2, 0.25) is 0 Å². The van der Waals surface area contributed by atoms with Crippen molar-refractivity contribution in [1.29, 1.82) is 0 Å². The minimum absolute atomic E-state index is 0.0443. The van der Waals surface area contributed by atoms with Crippen LogP contribution < -0.4 is 15.4 Å². The van der Waals surface area contributed by atoms with Crippen molar-refractivity contribution < 1.29 is 14.6 Å². The average molecular weight is 280 g/mol. The molecule has 3 N–H and O–H groups in total. The van der Waals surface area contributed by atoms with E-state index in [1.165, 1.54) is 6.92 Å². The summed E-state index contributed by atoms with van der Waals surface area (Å²) < 4.78 is 5.10. The molecule has 0 saturated heterocycles. The number of benzene rings is 1. The number of carbonyl (C=O) groups is 1. The number of carbonyl (C=O) groups excluding carboxylic acids is 1. The zero-order chi connectivity index (χ0) is 15.0. The summed E-state index contributed by atoms with van der Waals surface area (Å²) >= 11 is 0. The van der Waals surface area contributed by atoms with E-state index < -0.39 is 6.10 Å². The molecule has 2 atom stereocenters. The SMILES string of the molecule is CCC(NCCNC(C)=O)C(O)c1ccc(OC)cc1. The Morgan fingerprint density at radius 3 is 2.45 bits per heavy atom. The third kappa shape index (κ3) is 5.19. The molecular formula is C15H24N2O3. The molecule has 0 aliphatic carbocycles. The van der Waals surface area contributed by atoms with Crippen LogP contribution in [0.1, 0.15) is 31.9 Å². The first kappa shape index (κ1) is 16.5. The van der Waals surface area contributed by atoms with Gasteiger partial charge in [-0.25, -0.2) is 0 Å². The Bertz CT molecular complexity index is 406. The number of hydrogen-bond donors (Lipinski definition) is 3. The van der Waals surface area contributed by atoms with Crippen molar-refractivity contribution in [1.82, 2.24) is 10.6 Å². The van der Waals surface area contributed by atoms with Crippen molar-refractivity contribution >= 4 is 5.91 Å². The molecule has 20 heavy (non-hydrogen) atoms. The first-order valence-electron chi connectivity index (χ1n) is 6.88. The minimum atomic E-state index is -0.580. The molecule has 1 aromatic carbocycles. The molecule has 0 bridgehead atoms. The second-order valence-electron chi connectivity index (χ2n) is 4.67. The summed E-state index contributed by atoms with van der Waals surface area (Å²) in [5, 5.41) is 16.3. The van der Waals surface area contributed by atoms with Gasteiger partial charge in [0.25, 0.3) is 0 Å². The Morgan fingerprint density at radius 1 is 1.30 bits per heavy atom. The van der Waals surface area contributed by atoms with Crippen molar-refractivity contribution in [3.05, 3.63) is 29.8 Å². The molecule has 0 aliphatic heterocycles. The monoisotopic (exact) mass is 280 g/mol. The van der Waals surface area contributed by atoms with Crippen molar-refractivity contribution in [2.45, 2.75) is 32.4 Å². The van der Waals surface area contributed by atoms with Crippen LogP contribution in [0.5, 0.6) is 5.75 Å². The number of aliphatic hydroxyl groups is 1. The van der Waals surface area contributed by atoms with Crippen LogP contribution >= 0.6 is 0 Å². The van der Waals surface area contributed by atoms with Gasteiger partial charge in [0.15, 0.2) is 0 Å². The lowest BCUT2D eigenvalue weighted by Gasteiger charge is -2.23. The van der Waals surface area contributed by atoms with Crippen LogP contribution in [0.4, 0.5) is 0 Å². The zero-order valence-corrected chi connectivity index (χ0v) is 12.3. The molecule has 112 valence electrons. The van der Waals surface area contributed by atoms with E-state index in [4.69, 9.17) is 4.74 Å². The summed E-state index contributed by atoms with van der Waals surface area (Å²) in [6, 6.07) is 7.35. The quantitative estimate of drug-likeness (QED) is 0.626. The number of hydrogen-bond acceptors (Lipinski definition) is 4. The molecule has 1 rings (SSSR count).